The van der Waals surface area contributed by atoms with Crippen LogP contribution in [0, 0.1) is 5.92 Å². The maximum atomic E-state index is 13.1. The standard InChI is InChI=1S/C22H19N3O3/c26-21-15-7-3-4-8-16(15)22(27)25(21)19-11-28-10-17(19)20-14-6-2-1-5-13(14)18-9-23-12-24(18)20/h1-9,12,17,19-21,26H,10-11H2. The largest absolute Gasteiger partial charge is 0.379 e. The van der Waals surface area contributed by atoms with Crippen molar-refractivity contribution in [2.75, 3.05) is 13.2 Å². The van der Waals surface area contributed by atoms with Crippen LogP contribution in [0.15, 0.2) is 61.1 Å². The topological polar surface area (TPSA) is 67.6 Å². The molecule has 6 heteroatoms. The number of carbonyl (C=O) groups is 1. The quantitative estimate of drug-likeness (QED) is 0.750. The number of carbonyl (C=O) groups excluding carboxylic acids is 1. The lowest BCUT2D eigenvalue weighted by Gasteiger charge is -2.34. The summed E-state index contributed by atoms with van der Waals surface area (Å²) in [5, 5.41) is 10.9. The third kappa shape index (κ3) is 1.99. The van der Waals surface area contributed by atoms with Crippen LogP contribution in [0.2, 0.25) is 0 Å². The molecule has 0 aliphatic carbocycles. The smallest absolute Gasteiger partial charge is 0.256 e. The number of aliphatic hydroxyl groups is 1. The zero-order chi connectivity index (χ0) is 18.8. The second-order valence-electron chi connectivity index (χ2n) is 7.66. The molecule has 6 nitrogen and oxygen atoms in total. The number of nitrogens with zero attached hydrogens (tertiary/aromatic N) is 3. The van der Waals surface area contributed by atoms with E-state index in [-0.39, 0.29) is 23.9 Å². The van der Waals surface area contributed by atoms with Crippen molar-refractivity contribution >= 4 is 5.91 Å². The predicted molar refractivity (Wildman–Crippen MR) is 101 cm³/mol. The molecule has 2 aromatic carbocycles. The number of amides is 1. The maximum Gasteiger partial charge on any atom is 0.256 e. The fraction of sp³-hybridized carbons (Fsp3) is 0.273. The summed E-state index contributed by atoms with van der Waals surface area (Å²) in [7, 11) is 0. The Bertz CT molecular complexity index is 1090. The first kappa shape index (κ1) is 16.0. The van der Waals surface area contributed by atoms with Crippen LogP contribution >= 0.6 is 0 Å². The summed E-state index contributed by atoms with van der Waals surface area (Å²) in [5.41, 5.74) is 4.73. The maximum absolute atomic E-state index is 13.1. The molecule has 3 aromatic rings. The van der Waals surface area contributed by atoms with E-state index in [4.69, 9.17) is 4.74 Å². The van der Waals surface area contributed by atoms with Gasteiger partial charge < -0.3 is 19.3 Å². The van der Waals surface area contributed by atoms with Crippen molar-refractivity contribution in [2.45, 2.75) is 18.3 Å². The first-order chi connectivity index (χ1) is 13.8. The van der Waals surface area contributed by atoms with Gasteiger partial charge in [0.15, 0.2) is 6.23 Å². The Labute approximate surface area is 162 Å². The van der Waals surface area contributed by atoms with Crippen molar-refractivity contribution in [1.29, 1.82) is 0 Å². The number of hydrogen-bond acceptors (Lipinski definition) is 4. The van der Waals surface area contributed by atoms with E-state index in [1.54, 1.807) is 11.0 Å². The third-order valence-corrected chi connectivity index (χ3v) is 6.34. The van der Waals surface area contributed by atoms with E-state index >= 15 is 0 Å². The van der Waals surface area contributed by atoms with E-state index in [0.29, 0.717) is 24.3 Å². The minimum Gasteiger partial charge on any atom is -0.379 e. The van der Waals surface area contributed by atoms with Gasteiger partial charge in [0.2, 0.25) is 0 Å². The zero-order valence-electron chi connectivity index (χ0n) is 15.1. The highest BCUT2D eigenvalue weighted by Crippen LogP contribution is 2.47. The fourth-order valence-electron chi connectivity index (χ4n) is 5.11. The van der Waals surface area contributed by atoms with Crippen LogP contribution in [0.3, 0.4) is 0 Å². The van der Waals surface area contributed by atoms with Crippen molar-refractivity contribution in [1.82, 2.24) is 14.5 Å². The first-order valence-corrected chi connectivity index (χ1v) is 9.54. The molecule has 3 aliphatic heterocycles. The number of ether oxygens (including phenoxy) is 1. The number of aromatic nitrogens is 2. The van der Waals surface area contributed by atoms with Crippen LogP contribution in [0.5, 0.6) is 0 Å². The van der Waals surface area contributed by atoms with Crippen LogP contribution in [0.4, 0.5) is 0 Å². The minimum atomic E-state index is -0.934. The highest BCUT2D eigenvalue weighted by molar-refractivity contribution is 5.99. The lowest BCUT2D eigenvalue weighted by Crippen LogP contribution is -2.45. The molecule has 0 radical (unpaired) electrons. The molecule has 140 valence electrons. The average molecular weight is 373 g/mol. The molecule has 6 rings (SSSR count). The van der Waals surface area contributed by atoms with Gasteiger partial charge in [0.1, 0.15) is 0 Å². The molecular formula is C22H19N3O3. The molecule has 1 saturated heterocycles. The molecule has 28 heavy (non-hydrogen) atoms. The van der Waals surface area contributed by atoms with Crippen LogP contribution < -0.4 is 0 Å². The van der Waals surface area contributed by atoms with Crippen LogP contribution in [-0.4, -0.2) is 44.7 Å². The van der Waals surface area contributed by atoms with Crippen molar-refractivity contribution in [3.63, 3.8) is 0 Å². The van der Waals surface area contributed by atoms with Crippen molar-refractivity contribution in [3.05, 3.63) is 77.7 Å². The highest BCUT2D eigenvalue weighted by atomic mass is 16.5. The average Bonchev–Trinajstić information content (AvgIpc) is 3.47. The van der Waals surface area contributed by atoms with Gasteiger partial charge >= 0.3 is 0 Å². The van der Waals surface area contributed by atoms with Gasteiger partial charge in [-0.15, -0.1) is 0 Å². The van der Waals surface area contributed by atoms with Gasteiger partial charge in [-0.05, 0) is 11.6 Å². The zero-order valence-corrected chi connectivity index (χ0v) is 15.1. The molecule has 4 heterocycles. The second kappa shape index (κ2) is 5.77. The molecule has 1 aromatic heterocycles. The normalized spacial score (nSPS) is 27.8. The number of rotatable bonds is 2. The lowest BCUT2D eigenvalue weighted by molar-refractivity contribution is -0.0137. The SMILES string of the molecule is O=C1c2ccccc2C(O)N1C1COCC1C1c2ccccc2-c2cncn21. The van der Waals surface area contributed by atoms with E-state index in [1.165, 1.54) is 11.1 Å². The number of imidazole rings is 1. The molecule has 1 fully saturated rings. The second-order valence-corrected chi connectivity index (χ2v) is 7.66. The summed E-state index contributed by atoms with van der Waals surface area (Å²) in [6, 6.07) is 15.4. The summed E-state index contributed by atoms with van der Waals surface area (Å²) < 4.78 is 8.04. The summed E-state index contributed by atoms with van der Waals surface area (Å²) >= 11 is 0. The van der Waals surface area contributed by atoms with Crippen molar-refractivity contribution < 1.29 is 14.6 Å². The Kier molecular flexibility index (Phi) is 3.30. The molecule has 4 unspecified atom stereocenters. The van der Waals surface area contributed by atoms with E-state index < -0.39 is 6.23 Å². The number of benzene rings is 2. The van der Waals surface area contributed by atoms with Crippen LogP contribution in [-0.2, 0) is 4.74 Å². The number of hydrogen-bond donors (Lipinski definition) is 1. The summed E-state index contributed by atoms with van der Waals surface area (Å²) in [6.45, 7) is 0.957. The molecule has 4 atom stereocenters. The Morgan fingerprint density at radius 2 is 1.75 bits per heavy atom. The van der Waals surface area contributed by atoms with Crippen LogP contribution in [0.25, 0.3) is 11.3 Å². The molecule has 1 N–H and O–H groups in total. The van der Waals surface area contributed by atoms with Gasteiger partial charge in [0.25, 0.3) is 5.91 Å². The first-order valence-electron chi connectivity index (χ1n) is 9.54. The lowest BCUT2D eigenvalue weighted by atomic mass is 9.88. The van der Waals surface area contributed by atoms with Crippen molar-refractivity contribution in [2.24, 2.45) is 5.92 Å². The van der Waals surface area contributed by atoms with Gasteiger partial charge in [0.05, 0.1) is 43.5 Å². The van der Waals surface area contributed by atoms with E-state index in [9.17, 15) is 9.90 Å². The van der Waals surface area contributed by atoms with E-state index in [1.807, 2.05) is 42.9 Å². The van der Waals surface area contributed by atoms with Gasteiger partial charge in [0, 0.05) is 22.6 Å². The summed E-state index contributed by atoms with van der Waals surface area (Å²) in [5.74, 6) is -0.0924. The predicted octanol–water partition coefficient (Wildman–Crippen LogP) is 2.61. The fourth-order valence-corrected chi connectivity index (χ4v) is 5.11. The van der Waals surface area contributed by atoms with Crippen molar-refractivity contribution in [3.8, 4) is 11.3 Å². The van der Waals surface area contributed by atoms with Crippen LogP contribution in [0.1, 0.15) is 33.8 Å². The van der Waals surface area contributed by atoms with Gasteiger partial charge in [-0.2, -0.15) is 0 Å². The molecular weight excluding hydrogens is 354 g/mol. The molecule has 0 bridgehead atoms. The summed E-state index contributed by atoms with van der Waals surface area (Å²) in [6.07, 6.45) is 2.80. The van der Waals surface area contributed by atoms with Gasteiger partial charge in [-0.1, -0.05) is 42.5 Å². The Morgan fingerprint density at radius 3 is 2.57 bits per heavy atom. The Balaban J connectivity index is 1.42. The van der Waals surface area contributed by atoms with E-state index in [2.05, 4.69) is 21.7 Å². The summed E-state index contributed by atoms with van der Waals surface area (Å²) in [4.78, 5) is 19.0. The Morgan fingerprint density at radius 1 is 1.00 bits per heavy atom. The molecule has 0 spiro atoms. The molecule has 0 saturated carbocycles. The monoisotopic (exact) mass is 373 g/mol. The van der Waals surface area contributed by atoms with Gasteiger partial charge in [-0.25, -0.2) is 4.98 Å². The third-order valence-electron chi connectivity index (χ3n) is 6.34. The molecule has 1 amide bonds. The number of aliphatic hydroxyl groups excluding tert-OH is 1. The minimum absolute atomic E-state index is 0.0320. The number of fused-ring (bicyclic) bond motifs is 4. The van der Waals surface area contributed by atoms with Gasteiger partial charge in [-0.3, -0.25) is 4.79 Å². The van der Waals surface area contributed by atoms with E-state index in [0.717, 1.165) is 5.69 Å². The molecule has 3 aliphatic rings. The highest BCUT2D eigenvalue weighted by Gasteiger charge is 2.49. The Hall–Kier alpha value is -2.96.